The quantitative estimate of drug-likeness (QED) is 0.0243. The summed E-state index contributed by atoms with van der Waals surface area (Å²) in [6.07, 6.45) is 30.8. The van der Waals surface area contributed by atoms with E-state index in [0.29, 0.717) is 19.3 Å². The first kappa shape index (κ1) is 51.6. The third kappa shape index (κ3) is 26.3. The van der Waals surface area contributed by atoms with Crippen LogP contribution in [0.15, 0.2) is 24.3 Å². The highest BCUT2D eigenvalue weighted by Gasteiger charge is 2.44. The Kier molecular flexibility index (Phi) is 33.6. The lowest BCUT2D eigenvalue weighted by molar-refractivity contribution is -0.302. The van der Waals surface area contributed by atoms with E-state index in [1.54, 1.807) is 0 Å². The van der Waals surface area contributed by atoms with E-state index in [-0.39, 0.29) is 6.61 Å². The van der Waals surface area contributed by atoms with E-state index >= 15 is 0 Å². The monoisotopic (exact) mass is 784 g/mol. The molecule has 0 aromatic carbocycles. The number of amides is 1. The minimum Gasteiger partial charge on any atom is -0.394 e. The number of carbonyl (C=O) groups is 1. The van der Waals surface area contributed by atoms with Crippen molar-refractivity contribution in [2.24, 2.45) is 0 Å². The SMILES string of the molecule is CCCCC/C=C\C=C/CCCCCCCC(O)C(=O)NC(COC1OC(CO)C(O)C(O)C1O)C(O)CCCCCCCCCCCCCCCCCC. The number of hydrogen-bond acceptors (Lipinski definition) is 9. The molecule has 0 bridgehead atoms. The molecule has 8 unspecified atom stereocenters. The van der Waals surface area contributed by atoms with Crippen LogP contribution in [-0.2, 0) is 14.3 Å². The molecule has 10 heteroatoms. The highest BCUT2D eigenvalue weighted by atomic mass is 16.7. The highest BCUT2D eigenvalue weighted by molar-refractivity contribution is 5.80. The molecule has 1 fully saturated rings. The second-order valence-electron chi connectivity index (χ2n) is 16.0. The summed E-state index contributed by atoms with van der Waals surface area (Å²) in [6.45, 7) is 3.62. The summed E-state index contributed by atoms with van der Waals surface area (Å²) in [6, 6.07) is -0.898. The molecule has 1 saturated heterocycles. The van der Waals surface area contributed by atoms with Crippen LogP contribution < -0.4 is 5.32 Å². The zero-order valence-electron chi connectivity index (χ0n) is 35.0. The Bertz CT molecular complexity index is 932. The smallest absolute Gasteiger partial charge is 0.249 e. The topological polar surface area (TPSA) is 169 Å². The molecule has 8 atom stereocenters. The van der Waals surface area contributed by atoms with Crippen molar-refractivity contribution in [2.45, 2.75) is 243 Å². The first-order chi connectivity index (χ1) is 26.8. The van der Waals surface area contributed by atoms with Crippen molar-refractivity contribution in [3.8, 4) is 0 Å². The summed E-state index contributed by atoms with van der Waals surface area (Å²) in [5.41, 5.74) is 0. The van der Waals surface area contributed by atoms with E-state index in [9.17, 15) is 35.4 Å². The van der Waals surface area contributed by atoms with Crippen LogP contribution in [0.3, 0.4) is 0 Å². The Hall–Kier alpha value is -1.37. The molecule has 10 nitrogen and oxygen atoms in total. The lowest BCUT2D eigenvalue weighted by atomic mass is 9.99. The third-order valence-electron chi connectivity index (χ3n) is 10.9. The Morgan fingerprint density at radius 1 is 0.618 bits per heavy atom. The van der Waals surface area contributed by atoms with E-state index in [2.05, 4.69) is 43.5 Å². The average Bonchev–Trinajstić information content (AvgIpc) is 3.18. The lowest BCUT2D eigenvalue weighted by Crippen LogP contribution is -2.60. The van der Waals surface area contributed by atoms with Gasteiger partial charge >= 0.3 is 0 Å². The van der Waals surface area contributed by atoms with Crippen molar-refractivity contribution in [2.75, 3.05) is 13.2 Å². The van der Waals surface area contributed by atoms with Crippen LogP contribution in [-0.4, -0.2) is 98.7 Å². The van der Waals surface area contributed by atoms with Crippen LogP contribution in [0.5, 0.6) is 0 Å². The summed E-state index contributed by atoms with van der Waals surface area (Å²) in [7, 11) is 0. The molecule has 1 aliphatic rings. The molecular formula is C45H85NO9. The van der Waals surface area contributed by atoms with Gasteiger partial charge < -0.3 is 45.4 Å². The number of rotatable bonds is 37. The number of aliphatic hydroxyl groups excluding tert-OH is 6. The molecule has 324 valence electrons. The number of aliphatic hydroxyl groups is 6. The van der Waals surface area contributed by atoms with Crippen molar-refractivity contribution < 1.29 is 44.9 Å². The predicted octanol–water partition coefficient (Wildman–Crippen LogP) is 8.08. The molecule has 1 aliphatic heterocycles. The van der Waals surface area contributed by atoms with Crippen molar-refractivity contribution >= 4 is 5.91 Å². The maximum Gasteiger partial charge on any atom is 0.249 e. The Morgan fingerprint density at radius 2 is 1.05 bits per heavy atom. The van der Waals surface area contributed by atoms with Gasteiger partial charge in [0.25, 0.3) is 0 Å². The van der Waals surface area contributed by atoms with Crippen LogP contribution in [0, 0.1) is 0 Å². The number of carbonyl (C=O) groups excluding carboxylic acids is 1. The number of nitrogens with one attached hydrogen (secondary N) is 1. The molecule has 1 amide bonds. The van der Waals surface area contributed by atoms with Gasteiger partial charge in [0.1, 0.15) is 30.5 Å². The predicted molar refractivity (Wildman–Crippen MR) is 223 cm³/mol. The van der Waals surface area contributed by atoms with Gasteiger partial charge in [-0.2, -0.15) is 0 Å². The van der Waals surface area contributed by atoms with Gasteiger partial charge in [0.05, 0.1) is 25.4 Å². The second-order valence-corrected chi connectivity index (χ2v) is 16.0. The van der Waals surface area contributed by atoms with Crippen molar-refractivity contribution in [3.63, 3.8) is 0 Å². The van der Waals surface area contributed by atoms with E-state index in [0.717, 1.165) is 64.2 Å². The van der Waals surface area contributed by atoms with Gasteiger partial charge in [0.2, 0.25) is 5.91 Å². The molecule has 7 N–H and O–H groups in total. The van der Waals surface area contributed by atoms with Gasteiger partial charge in [0.15, 0.2) is 6.29 Å². The molecule has 1 heterocycles. The van der Waals surface area contributed by atoms with Crippen LogP contribution in [0.25, 0.3) is 0 Å². The second kappa shape index (κ2) is 35.8. The fourth-order valence-electron chi connectivity index (χ4n) is 7.16. The van der Waals surface area contributed by atoms with Crippen LogP contribution in [0.2, 0.25) is 0 Å². The first-order valence-corrected chi connectivity index (χ1v) is 22.7. The molecule has 0 spiro atoms. The summed E-state index contributed by atoms with van der Waals surface area (Å²) < 4.78 is 11.2. The van der Waals surface area contributed by atoms with E-state index in [4.69, 9.17) is 9.47 Å². The standard InChI is InChI=1S/C45H85NO9/c1-3-5-7-9-11-13-15-17-19-20-22-23-25-27-29-31-33-38(48)37(36-54-45-43(52)42(51)41(50)40(35-47)55-45)46-44(53)39(49)34-32-30-28-26-24-21-18-16-14-12-10-8-6-4-2/h12,14,16,18,37-43,45,47-52H,3-11,13,15,17,19-36H2,1-2H3,(H,46,53)/b14-12-,18-16-. The molecule has 0 saturated carbocycles. The number of allylic oxidation sites excluding steroid dienone is 4. The Morgan fingerprint density at radius 3 is 1.56 bits per heavy atom. The third-order valence-corrected chi connectivity index (χ3v) is 10.9. The maximum absolute atomic E-state index is 13.0. The first-order valence-electron chi connectivity index (χ1n) is 22.7. The van der Waals surface area contributed by atoms with Crippen molar-refractivity contribution in [3.05, 3.63) is 24.3 Å². The minimum atomic E-state index is -1.60. The van der Waals surface area contributed by atoms with Crippen LogP contribution >= 0.6 is 0 Å². The van der Waals surface area contributed by atoms with Gasteiger partial charge in [-0.3, -0.25) is 4.79 Å². The zero-order valence-corrected chi connectivity index (χ0v) is 35.0. The van der Waals surface area contributed by atoms with Gasteiger partial charge in [-0.05, 0) is 38.5 Å². The lowest BCUT2D eigenvalue weighted by Gasteiger charge is -2.40. The van der Waals surface area contributed by atoms with Gasteiger partial charge in [0, 0.05) is 0 Å². The molecule has 1 rings (SSSR count). The molecule has 0 aromatic rings. The Balaban J connectivity index is 2.42. The normalized spacial score (nSPS) is 22.1. The van der Waals surface area contributed by atoms with E-state index < -0.39 is 61.5 Å². The Labute approximate surface area is 335 Å². The van der Waals surface area contributed by atoms with Crippen LogP contribution in [0.4, 0.5) is 0 Å². The van der Waals surface area contributed by atoms with Gasteiger partial charge in [-0.1, -0.05) is 179 Å². The molecule has 55 heavy (non-hydrogen) atoms. The fourth-order valence-corrected chi connectivity index (χ4v) is 7.16. The van der Waals surface area contributed by atoms with E-state index in [1.807, 2.05) is 0 Å². The molecule has 0 aliphatic carbocycles. The molecule has 0 radical (unpaired) electrons. The van der Waals surface area contributed by atoms with Gasteiger partial charge in [-0.15, -0.1) is 0 Å². The van der Waals surface area contributed by atoms with Crippen LogP contribution in [0.1, 0.15) is 194 Å². The summed E-state index contributed by atoms with van der Waals surface area (Å²) in [4.78, 5) is 13.0. The molecular weight excluding hydrogens is 698 g/mol. The van der Waals surface area contributed by atoms with E-state index in [1.165, 1.54) is 96.3 Å². The zero-order chi connectivity index (χ0) is 40.4. The largest absolute Gasteiger partial charge is 0.394 e. The maximum atomic E-state index is 13.0. The summed E-state index contributed by atoms with van der Waals surface area (Å²) in [5.74, 6) is -0.596. The summed E-state index contributed by atoms with van der Waals surface area (Å²) in [5, 5.41) is 64.8. The fraction of sp³-hybridized carbons (Fsp3) is 0.889. The number of unbranched alkanes of at least 4 members (excludes halogenated alkanes) is 23. The van der Waals surface area contributed by atoms with Crippen molar-refractivity contribution in [1.29, 1.82) is 0 Å². The summed E-state index contributed by atoms with van der Waals surface area (Å²) >= 11 is 0. The highest BCUT2D eigenvalue weighted by Crippen LogP contribution is 2.23. The van der Waals surface area contributed by atoms with Crippen molar-refractivity contribution in [1.82, 2.24) is 5.32 Å². The van der Waals surface area contributed by atoms with Gasteiger partial charge in [-0.25, -0.2) is 0 Å². The number of ether oxygens (including phenoxy) is 2. The minimum absolute atomic E-state index is 0.260. The number of hydrogen-bond donors (Lipinski definition) is 7. The molecule has 0 aromatic heterocycles. The average molecular weight is 784 g/mol.